The van der Waals surface area contributed by atoms with E-state index in [2.05, 4.69) is 6.92 Å². The summed E-state index contributed by atoms with van der Waals surface area (Å²) in [7, 11) is 0. The Labute approximate surface area is 114 Å². The lowest BCUT2D eigenvalue weighted by atomic mass is 9.91. The number of nitrogens with zero attached hydrogens (tertiary/aromatic N) is 1. The number of benzene rings is 1. The van der Waals surface area contributed by atoms with Gasteiger partial charge in [0.05, 0.1) is 5.92 Å². The number of ether oxygens (including phenoxy) is 1. The molecule has 2 rings (SSSR count). The predicted molar refractivity (Wildman–Crippen MR) is 73.8 cm³/mol. The minimum Gasteiger partial charge on any atom is -0.372 e. The van der Waals surface area contributed by atoms with Crippen molar-refractivity contribution in [2.24, 2.45) is 0 Å². The van der Waals surface area contributed by atoms with Gasteiger partial charge in [-0.1, -0.05) is 43.7 Å². The third-order valence-electron chi connectivity index (χ3n) is 3.44. The Morgan fingerprint density at radius 2 is 2.11 bits per heavy atom. The van der Waals surface area contributed by atoms with Crippen molar-refractivity contribution in [3.63, 3.8) is 0 Å². The molecule has 0 spiro atoms. The fraction of sp³-hybridized carbons (Fsp3) is 0.533. The van der Waals surface area contributed by atoms with Crippen LogP contribution in [-0.4, -0.2) is 23.5 Å². The Kier molecular flexibility index (Phi) is 4.80. The summed E-state index contributed by atoms with van der Waals surface area (Å²) in [6.45, 7) is 4.55. The highest BCUT2D eigenvalue weighted by Gasteiger charge is 2.32. The highest BCUT2D eigenvalue weighted by atomic mass is 16.9. The molecular weight excluding hydrogens is 242 g/mol. The standard InChI is InChI=1S/C15H21NO3/c1-3-4-10-18-15-11-14(12(2)16(17)19-15)13-8-6-5-7-9-13/h5-9,14-15H,3-4,10-11H2,1-2H3/t14-,15+/m0/s1. The SMILES string of the molecule is CCCCO[C@H]1C[C@H](c2ccccc2)C(C)=[N+]([O-])O1. The minimum atomic E-state index is -0.446. The van der Waals surface area contributed by atoms with Gasteiger partial charge in [0, 0.05) is 24.9 Å². The zero-order chi connectivity index (χ0) is 13.7. The monoisotopic (exact) mass is 263 g/mol. The summed E-state index contributed by atoms with van der Waals surface area (Å²) in [6.07, 6.45) is 2.30. The number of unbranched alkanes of at least 4 members (excludes halogenated alkanes) is 1. The number of hydrogen-bond acceptors (Lipinski definition) is 3. The highest BCUT2D eigenvalue weighted by molar-refractivity contribution is 5.84. The van der Waals surface area contributed by atoms with E-state index in [9.17, 15) is 5.21 Å². The van der Waals surface area contributed by atoms with Crippen molar-refractivity contribution in [1.29, 1.82) is 0 Å². The van der Waals surface area contributed by atoms with Crippen LogP contribution in [0, 0.1) is 5.21 Å². The molecule has 0 N–H and O–H groups in total. The Morgan fingerprint density at radius 3 is 2.79 bits per heavy atom. The van der Waals surface area contributed by atoms with Crippen LogP contribution < -0.4 is 0 Å². The second-order valence-electron chi connectivity index (χ2n) is 4.86. The van der Waals surface area contributed by atoms with Gasteiger partial charge in [-0.05, 0) is 12.0 Å². The lowest BCUT2D eigenvalue weighted by Crippen LogP contribution is -2.36. The third kappa shape index (κ3) is 3.47. The molecule has 0 bridgehead atoms. The molecule has 0 unspecified atom stereocenters. The highest BCUT2D eigenvalue weighted by Crippen LogP contribution is 2.28. The molecule has 1 heterocycles. The summed E-state index contributed by atoms with van der Waals surface area (Å²) in [5, 5.41) is 11.8. The smallest absolute Gasteiger partial charge is 0.226 e. The lowest BCUT2D eigenvalue weighted by molar-refractivity contribution is -0.772. The molecule has 0 aliphatic carbocycles. The minimum absolute atomic E-state index is 0.0686. The van der Waals surface area contributed by atoms with Crippen molar-refractivity contribution < 1.29 is 14.5 Å². The summed E-state index contributed by atoms with van der Waals surface area (Å²) in [5.41, 5.74) is 1.81. The summed E-state index contributed by atoms with van der Waals surface area (Å²) < 4.78 is 5.62. The van der Waals surface area contributed by atoms with E-state index >= 15 is 0 Å². The van der Waals surface area contributed by atoms with Gasteiger partial charge in [0.25, 0.3) is 0 Å². The molecule has 104 valence electrons. The topological polar surface area (TPSA) is 44.5 Å². The van der Waals surface area contributed by atoms with Gasteiger partial charge in [-0.2, -0.15) is 0 Å². The van der Waals surface area contributed by atoms with Gasteiger partial charge in [0.1, 0.15) is 0 Å². The molecule has 1 aliphatic rings. The van der Waals surface area contributed by atoms with Crippen LogP contribution >= 0.6 is 0 Å². The Morgan fingerprint density at radius 1 is 1.37 bits per heavy atom. The van der Waals surface area contributed by atoms with Crippen molar-refractivity contribution in [3.8, 4) is 0 Å². The largest absolute Gasteiger partial charge is 0.372 e. The average Bonchev–Trinajstić information content (AvgIpc) is 2.44. The van der Waals surface area contributed by atoms with Crippen molar-refractivity contribution >= 4 is 5.71 Å². The van der Waals surface area contributed by atoms with E-state index in [4.69, 9.17) is 9.57 Å². The van der Waals surface area contributed by atoms with E-state index < -0.39 is 6.29 Å². The van der Waals surface area contributed by atoms with Crippen LogP contribution in [0.2, 0.25) is 0 Å². The molecule has 19 heavy (non-hydrogen) atoms. The molecule has 0 saturated carbocycles. The summed E-state index contributed by atoms with van der Waals surface area (Å²) in [6, 6.07) is 10.0. The Bertz CT molecular complexity index is 430. The van der Waals surface area contributed by atoms with Gasteiger partial charge in [-0.15, -0.1) is 0 Å². The molecule has 4 heteroatoms. The van der Waals surface area contributed by atoms with Crippen LogP contribution in [0.1, 0.15) is 44.6 Å². The van der Waals surface area contributed by atoms with E-state index in [0.717, 1.165) is 18.4 Å². The summed E-state index contributed by atoms with van der Waals surface area (Å²) >= 11 is 0. The third-order valence-corrected chi connectivity index (χ3v) is 3.44. The lowest BCUT2D eigenvalue weighted by Gasteiger charge is -2.29. The van der Waals surface area contributed by atoms with Crippen molar-refractivity contribution in [2.45, 2.75) is 45.3 Å². The van der Waals surface area contributed by atoms with Crippen LogP contribution in [0.4, 0.5) is 0 Å². The fourth-order valence-electron chi connectivity index (χ4n) is 2.24. The normalized spacial score (nSPS) is 23.3. The maximum atomic E-state index is 11.8. The first-order valence-corrected chi connectivity index (χ1v) is 6.86. The average molecular weight is 263 g/mol. The second kappa shape index (κ2) is 6.57. The zero-order valence-electron chi connectivity index (χ0n) is 11.5. The van der Waals surface area contributed by atoms with E-state index in [0.29, 0.717) is 23.6 Å². The molecular formula is C15H21NO3. The van der Waals surface area contributed by atoms with Gasteiger partial charge in [-0.3, -0.25) is 5.21 Å². The maximum absolute atomic E-state index is 11.8. The van der Waals surface area contributed by atoms with Gasteiger partial charge in [0.2, 0.25) is 5.71 Å². The Hall–Kier alpha value is -1.55. The van der Waals surface area contributed by atoms with Crippen LogP contribution in [0.25, 0.3) is 0 Å². The van der Waals surface area contributed by atoms with E-state index in [1.54, 1.807) is 0 Å². The molecule has 4 nitrogen and oxygen atoms in total. The first kappa shape index (κ1) is 13.9. The number of rotatable bonds is 5. The molecule has 1 aromatic rings. The molecule has 0 saturated heterocycles. The van der Waals surface area contributed by atoms with Crippen LogP contribution in [-0.2, 0) is 9.57 Å². The van der Waals surface area contributed by atoms with E-state index in [-0.39, 0.29) is 5.92 Å². The summed E-state index contributed by atoms with van der Waals surface area (Å²) in [5.74, 6) is 0.0686. The fourth-order valence-corrected chi connectivity index (χ4v) is 2.24. The first-order chi connectivity index (χ1) is 9.22. The molecule has 1 aliphatic heterocycles. The van der Waals surface area contributed by atoms with Crippen molar-refractivity contribution in [3.05, 3.63) is 41.1 Å². The van der Waals surface area contributed by atoms with Gasteiger partial charge < -0.3 is 9.57 Å². The molecule has 0 amide bonds. The zero-order valence-corrected chi connectivity index (χ0v) is 11.5. The second-order valence-corrected chi connectivity index (χ2v) is 4.86. The molecule has 0 fully saturated rings. The van der Waals surface area contributed by atoms with Crippen LogP contribution in [0.5, 0.6) is 0 Å². The molecule has 0 aromatic heterocycles. The van der Waals surface area contributed by atoms with Crippen molar-refractivity contribution in [1.82, 2.24) is 0 Å². The molecule has 1 aromatic carbocycles. The van der Waals surface area contributed by atoms with Gasteiger partial charge in [0.15, 0.2) is 6.29 Å². The van der Waals surface area contributed by atoms with Crippen LogP contribution in [0.15, 0.2) is 30.3 Å². The van der Waals surface area contributed by atoms with Crippen molar-refractivity contribution in [2.75, 3.05) is 6.61 Å². The van der Waals surface area contributed by atoms with E-state index in [1.165, 1.54) is 0 Å². The van der Waals surface area contributed by atoms with E-state index in [1.807, 2.05) is 37.3 Å². The molecule has 2 atom stereocenters. The quantitative estimate of drug-likeness (QED) is 0.605. The molecule has 0 radical (unpaired) electrons. The number of hydrogen-bond donors (Lipinski definition) is 0. The van der Waals surface area contributed by atoms with Crippen LogP contribution in [0.3, 0.4) is 0 Å². The first-order valence-electron chi connectivity index (χ1n) is 6.86. The van der Waals surface area contributed by atoms with Gasteiger partial charge in [-0.25, -0.2) is 0 Å². The maximum Gasteiger partial charge on any atom is 0.226 e. The predicted octanol–water partition coefficient (Wildman–Crippen LogP) is 3.22. The summed E-state index contributed by atoms with van der Waals surface area (Å²) in [4.78, 5) is 5.82. The van der Waals surface area contributed by atoms with Gasteiger partial charge >= 0.3 is 0 Å². The Balaban J connectivity index is 2.08.